The first-order valence-electron chi connectivity index (χ1n) is 7.95. The minimum atomic E-state index is -0.0573. The van der Waals surface area contributed by atoms with Crippen LogP contribution in [0.5, 0.6) is 0 Å². The molecule has 1 fully saturated rings. The zero-order valence-corrected chi connectivity index (χ0v) is 14.2. The van der Waals surface area contributed by atoms with E-state index in [0.717, 1.165) is 30.3 Å². The zero-order chi connectivity index (χ0) is 16.6. The van der Waals surface area contributed by atoms with Gasteiger partial charge in [0.2, 0.25) is 0 Å². The van der Waals surface area contributed by atoms with E-state index in [1.807, 2.05) is 13.0 Å². The Bertz CT molecular complexity index is 756. The van der Waals surface area contributed by atoms with E-state index in [-0.39, 0.29) is 11.0 Å². The smallest absolute Gasteiger partial charge is 0.266 e. The van der Waals surface area contributed by atoms with Gasteiger partial charge in [-0.05, 0) is 13.0 Å². The summed E-state index contributed by atoms with van der Waals surface area (Å²) in [5.41, 5.74) is 1.77. The average Bonchev–Trinajstić information content (AvgIpc) is 2.42. The Hall–Kier alpha value is -2.24. The average molecular weight is 313 g/mol. The second kappa shape index (κ2) is 5.76. The number of hydrogen-bond acceptors (Lipinski definition) is 5. The van der Waals surface area contributed by atoms with Gasteiger partial charge < -0.3 is 4.90 Å². The second-order valence-electron chi connectivity index (χ2n) is 7.28. The summed E-state index contributed by atoms with van der Waals surface area (Å²) >= 11 is 0. The minimum absolute atomic E-state index is 0.0354. The van der Waals surface area contributed by atoms with E-state index in [9.17, 15) is 4.79 Å². The number of nitrogens with zero attached hydrogens (tertiary/aromatic N) is 5. The van der Waals surface area contributed by atoms with Gasteiger partial charge in [-0.15, -0.1) is 0 Å². The van der Waals surface area contributed by atoms with Gasteiger partial charge in [-0.3, -0.25) is 9.78 Å². The highest BCUT2D eigenvalue weighted by Gasteiger charge is 2.29. The predicted octanol–water partition coefficient (Wildman–Crippen LogP) is 1.78. The molecule has 0 unspecified atom stereocenters. The zero-order valence-electron chi connectivity index (χ0n) is 14.2. The highest BCUT2D eigenvalue weighted by molar-refractivity contribution is 5.39. The molecule has 1 aliphatic rings. The molecule has 23 heavy (non-hydrogen) atoms. The van der Waals surface area contributed by atoms with Crippen molar-refractivity contribution in [2.24, 2.45) is 5.92 Å². The van der Waals surface area contributed by atoms with Crippen LogP contribution < -0.4 is 10.5 Å². The quantitative estimate of drug-likeness (QED) is 0.864. The van der Waals surface area contributed by atoms with E-state index in [0.29, 0.717) is 12.5 Å². The molecular formula is C17H23N5O. The summed E-state index contributed by atoms with van der Waals surface area (Å²) in [5.74, 6) is 1.32. The Labute approximate surface area is 136 Å². The van der Waals surface area contributed by atoms with Crippen LogP contribution in [0.3, 0.4) is 0 Å². The van der Waals surface area contributed by atoms with Crippen molar-refractivity contribution in [2.75, 3.05) is 18.0 Å². The van der Waals surface area contributed by atoms with E-state index in [2.05, 4.69) is 40.7 Å². The summed E-state index contributed by atoms with van der Waals surface area (Å²) < 4.78 is 1.60. The van der Waals surface area contributed by atoms with Gasteiger partial charge in [0.05, 0.1) is 24.1 Å². The van der Waals surface area contributed by atoms with Crippen molar-refractivity contribution in [1.29, 1.82) is 0 Å². The molecule has 6 nitrogen and oxygen atoms in total. The van der Waals surface area contributed by atoms with E-state index < -0.39 is 0 Å². The lowest BCUT2D eigenvalue weighted by molar-refractivity contribution is 0.327. The van der Waals surface area contributed by atoms with Crippen LogP contribution >= 0.6 is 0 Å². The minimum Gasteiger partial charge on any atom is -0.355 e. The van der Waals surface area contributed by atoms with Crippen molar-refractivity contribution in [3.63, 3.8) is 0 Å². The van der Waals surface area contributed by atoms with Crippen molar-refractivity contribution in [2.45, 2.75) is 39.7 Å². The Kier molecular flexibility index (Phi) is 3.92. The van der Waals surface area contributed by atoms with Crippen LogP contribution in [0.2, 0.25) is 0 Å². The summed E-state index contributed by atoms with van der Waals surface area (Å²) in [4.78, 5) is 22.9. The molecule has 0 atom stereocenters. The maximum Gasteiger partial charge on any atom is 0.266 e. The highest BCUT2D eigenvalue weighted by atomic mass is 16.1. The van der Waals surface area contributed by atoms with Crippen molar-refractivity contribution in [3.05, 3.63) is 46.3 Å². The van der Waals surface area contributed by atoms with Gasteiger partial charge in [-0.25, -0.2) is 9.67 Å². The molecule has 0 amide bonds. The molecule has 2 aromatic heterocycles. The van der Waals surface area contributed by atoms with Gasteiger partial charge in [0.1, 0.15) is 5.82 Å². The van der Waals surface area contributed by atoms with Crippen molar-refractivity contribution < 1.29 is 0 Å². The first kappa shape index (κ1) is 15.6. The molecule has 0 saturated carbocycles. The van der Waals surface area contributed by atoms with Crippen molar-refractivity contribution in [3.8, 4) is 0 Å². The highest BCUT2D eigenvalue weighted by Crippen LogP contribution is 2.23. The molecule has 3 heterocycles. The van der Waals surface area contributed by atoms with E-state index in [4.69, 9.17) is 0 Å². The molecule has 0 aromatic carbocycles. The molecule has 0 bridgehead atoms. The van der Waals surface area contributed by atoms with Crippen LogP contribution in [-0.2, 0) is 12.0 Å². The lowest BCUT2D eigenvalue weighted by Gasteiger charge is -2.40. The third kappa shape index (κ3) is 3.41. The molecule has 122 valence electrons. The van der Waals surface area contributed by atoms with Gasteiger partial charge >= 0.3 is 0 Å². The summed E-state index contributed by atoms with van der Waals surface area (Å²) in [7, 11) is 0. The topological polar surface area (TPSA) is 63.9 Å². The summed E-state index contributed by atoms with van der Waals surface area (Å²) in [6.07, 6.45) is 3.54. The third-order valence-electron chi connectivity index (χ3n) is 4.09. The number of rotatable bonds is 3. The molecule has 3 rings (SSSR count). The van der Waals surface area contributed by atoms with Crippen LogP contribution in [0.1, 0.15) is 32.2 Å². The first-order valence-corrected chi connectivity index (χ1v) is 7.95. The fourth-order valence-electron chi connectivity index (χ4n) is 2.70. The van der Waals surface area contributed by atoms with E-state index in [1.54, 1.807) is 23.1 Å². The maximum absolute atomic E-state index is 12.0. The molecule has 0 radical (unpaired) electrons. The molecule has 1 saturated heterocycles. The van der Waals surface area contributed by atoms with Gasteiger partial charge in [-0.2, -0.15) is 5.10 Å². The molecule has 6 heteroatoms. The molecule has 1 aliphatic heterocycles. The van der Waals surface area contributed by atoms with Crippen LogP contribution in [0.15, 0.2) is 29.3 Å². The third-order valence-corrected chi connectivity index (χ3v) is 4.09. The first-order chi connectivity index (χ1) is 10.8. The van der Waals surface area contributed by atoms with Crippen molar-refractivity contribution in [1.82, 2.24) is 19.7 Å². The summed E-state index contributed by atoms with van der Waals surface area (Å²) in [5, 5.41) is 4.53. The SMILES string of the molecule is Cc1cncc(N2CC(Cn3nc(C(C)(C)C)ccc3=O)C2)n1. The van der Waals surface area contributed by atoms with Crippen LogP contribution in [0, 0.1) is 12.8 Å². The molecular weight excluding hydrogens is 290 g/mol. The van der Waals surface area contributed by atoms with Crippen LogP contribution in [-0.4, -0.2) is 32.8 Å². The number of anilines is 1. The largest absolute Gasteiger partial charge is 0.355 e. The fourth-order valence-corrected chi connectivity index (χ4v) is 2.70. The standard InChI is InChI=1S/C17H23N5O/c1-12-7-18-8-15(19-12)21-9-13(10-21)11-22-16(23)6-5-14(20-22)17(2,3)4/h5-8,13H,9-11H2,1-4H3. The fraction of sp³-hybridized carbons (Fsp3) is 0.529. The molecule has 2 aromatic rings. The number of aryl methyl sites for hydroxylation is 1. The Morgan fingerprint density at radius 2 is 1.96 bits per heavy atom. The van der Waals surface area contributed by atoms with Gasteiger partial charge in [0, 0.05) is 36.7 Å². The monoisotopic (exact) mass is 313 g/mol. The van der Waals surface area contributed by atoms with Gasteiger partial charge in [0.25, 0.3) is 5.56 Å². The Morgan fingerprint density at radius 3 is 2.61 bits per heavy atom. The van der Waals surface area contributed by atoms with Crippen LogP contribution in [0.25, 0.3) is 0 Å². The number of aromatic nitrogens is 4. The summed E-state index contributed by atoms with van der Waals surface area (Å²) in [6, 6.07) is 3.45. The van der Waals surface area contributed by atoms with Crippen LogP contribution in [0.4, 0.5) is 5.82 Å². The number of hydrogen-bond donors (Lipinski definition) is 0. The maximum atomic E-state index is 12.0. The van der Waals surface area contributed by atoms with E-state index >= 15 is 0 Å². The molecule has 0 spiro atoms. The lowest BCUT2D eigenvalue weighted by atomic mass is 9.92. The Balaban J connectivity index is 1.67. The predicted molar refractivity (Wildman–Crippen MR) is 89.7 cm³/mol. The summed E-state index contributed by atoms with van der Waals surface area (Å²) in [6.45, 7) is 10.7. The normalized spacial score (nSPS) is 15.6. The Morgan fingerprint density at radius 1 is 1.22 bits per heavy atom. The van der Waals surface area contributed by atoms with E-state index in [1.165, 1.54) is 0 Å². The molecule has 0 N–H and O–H groups in total. The van der Waals surface area contributed by atoms with Gasteiger partial charge in [-0.1, -0.05) is 20.8 Å². The lowest BCUT2D eigenvalue weighted by Crippen LogP contribution is -2.50. The van der Waals surface area contributed by atoms with Gasteiger partial charge in [0.15, 0.2) is 0 Å². The second-order valence-corrected chi connectivity index (χ2v) is 7.28. The molecule has 0 aliphatic carbocycles. The van der Waals surface area contributed by atoms with Crippen molar-refractivity contribution >= 4 is 5.82 Å².